The van der Waals surface area contributed by atoms with Gasteiger partial charge < -0.3 is 15.8 Å². The number of hydrogen-bond acceptors (Lipinski definition) is 3. The molecule has 0 radical (unpaired) electrons. The van der Waals surface area contributed by atoms with Gasteiger partial charge in [-0.15, -0.1) is 0 Å². The molecule has 0 aliphatic rings. The van der Waals surface area contributed by atoms with Gasteiger partial charge in [0.05, 0.1) is 18.5 Å². The molecular weight excluding hydrogens is 200 g/mol. The third-order valence-corrected chi connectivity index (χ3v) is 2.93. The van der Waals surface area contributed by atoms with Gasteiger partial charge in [0.15, 0.2) is 0 Å². The summed E-state index contributed by atoms with van der Waals surface area (Å²) in [6, 6.07) is 5.98. The molecule has 0 aliphatic carbocycles. The number of methoxy groups -OCH3 is 1. The Balaban J connectivity index is 2.88. The molecule has 16 heavy (non-hydrogen) atoms. The summed E-state index contributed by atoms with van der Waals surface area (Å²) in [4.78, 5) is 0. The minimum Gasteiger partial charge on any atom is -0.497 e. The molecule has 90 valence electrons. The summed E-state index contributed by atoms with van der Waals surface area (Å²) in [5.41, 5.74) is 7.79. The second kappa shape index (κ2) is 4.64. The summed E-state index contributed by atoms with van der Waals surface area (Å²) in [5, 5.41) is 3.42. The number of nitrogens with two attached hydrogens (primary N) is 1. The molecule has 3 heteroatoms. The lowest BCUT2D eigenvalue weighted by atomic mass is 9.88. The van der Waals surface area contributed by atoms with Crippen molar-refractivity contribution in [3.8, 4) is 5.75 Å². The Morgan fingerprint density at radius 3 is 2.44 bits per heavy atom. The van der Waals surface area contributed by atoms with E-state index in [2.05, 4.69) is 33.0 Å². The molecule has 0 saturated carbocycles. The van der Waals surface area contributed by atoms with E-state index in [1.165, 1.54) is 0 Å². The highest BCUT2D eigenvalue weighted by Gasteiger charge is 2.20. The molecule has 3 nitrogen and oxygen atoms in total. The van der Waals surface area contributed by atoms with Crippen LogP contribution in [0.25, 0.3) is 0 Å². The summed E-state index contributed by atoms with van der Waals surface area (Å²) in [7, 11) is 1.66. The van der Waals surface area contributed by atoms with E-state index in [4.69, 9.17) is 10.5 Å². The Morgan fingerprint density at radius 2 is 1.94 bits per heavy atom. The molecule has 0 bridgehead atoms. The Labute approximate surface area is 98.0 Å². The Kier molecular flexibility index (Phi) is 3.68. The molecule has 0 amide bonds. The van der Waals surface area contributed by atoms with Gasteiger partial charge in [-0.05, 0) is 24.5 Å². The van der Waals surface area contributed by atoms with Gasteiger partial charge in [-0.1, -0.05) is 20.8 Å². The lowest BCUT2D eigenvalue weighted by Crippen LogP contribution is -2.31. The van der Waals surface area contributed by atoms with E-state index >= 15 is 0 Å². The number of nitrogens with one attached hydrogen (secondary N) is 1. The molecule has 1 unspecified atom stereocenters. The van der Waals surface area contributed by atoms with Crippen LogP contribution in [0, 0.1) is 5.41 Å². The van der Waals surface area contributed by atoms with Crippen LogP contribution in [0.2, 0.25) is 0 Å². The minimum absolute atomic E-state index is 0.190. The lowest BCUT2D eigenvalue weighted by Gasteiger charge is -2.29. The van der Waals surface area contributed by atoms with Crippen LogP contribution in [0.4, 0.5) is 11.4 Å². The van der Waals surface area contributed by atoms with E-state index in [1.54, 1.807) is 7.11 Å². The highest BCUT2D eigenvalue weighted by atomic mass is 16.5. The summed E-state index contributed by atoms with van der Waals surface area (Å²) in [6.07, 6.45) is 0. The third kappa shape index (κ3) is 3.05. The van der Waals surface area contributed by atoms with Crippen molar-refractivity contribution in [2.75, 3.05) is 18.2 Å². The van der Waals surface area contributed by atoms with Crippen molar-refractivity contribution in [1.82, 2.24) is 0 Å². The van der Waals surface area contributed by atoms with Crippen LogP contribution in [0.3, 0.4) is 0 Å². The minimum atomic E-state index is 0.190. The van der Waals surface area contributed by atoms with Gasteiger partial charge in [0, 0.05) is 12.1 Å². The maximum absolute atomic E-state index is 5.92. The first-order valence-electron chi connectivity index (χ1n) is 5.54. The van der Waals surface area contributed by atoms with E-state index in [0.717, 1.165) is 17.1 Å². The standard InChI is InChI=1S/C13H22N2O/c1-9(13(2,3)4)15-12-8-10(16-5)6-7-11(12)14/h6-9,15H,14H2,1-5H3. The van der Waals surface area contributed by atoms with Crippen molar-refractivity contribution in [3.05, 3.63) is 18.2 Å². The zero-order chi connectivity index (χ0) is 12.3. The summed E-state index contributed by atoms with van der Waals surface area (Å²) >= 11 is 0. The average Bonchev–Trinajstić information content (AvgIpc) is 2.19. The Morgan fingerprint density at radius 1 is 1.31 bits per heavy atom. The first-order valence-corrected chi connectivity index (χ1v) is 5.54. The van der Waals surface area contributed by atoms with E-state index in [9.17, 15) is 0 Å². The summed E-state index contributed by atoms with van der Waals surface area (Å²) in [5.74, 6) is 0.817. The third-order valence-electron chi connectivity index (χ3n) is 2.93. The number of ether oxygens (including phenoxy) is 1. The van der Waals surface area contributed by atoms with Crippen LogP contribution in [-0.2, 0) is 0 Å². The molecule has 0 aromatic heterocycles. The van der Waals surface area contributed by atoms with E-state index < -0.39 is 0 Å². The van der Waals surface area contributed by atoms with Gasteiger partial charge in [-0.2, -0.15) is 0 Å². The van der Waals surface area contributed by atoms with Crippen LogP contribution < -0.4 is 15.8 Å². The maximum atomic E-state index is 5.92. The monoisotopic (exact) mass is 222 g/mol. The number of benzene rings is 1. The molecule has 1 rings (SSSR count). The smallest absolute Gasteiger partial charge is 0.121 e. The zero-order valence-corrected chi connectivity index (χ0v) is 10.8. The zero-order valence-electron chi connectivity index (χ0n) is 10.8. The number of rotatable bonds is 3. The van der Waals surface area contributed by atoms with Gasteiger partial charge >= 0.3 is 0 Å². The number of hydrogen-bond donors (Lipinski definition) is 2. The normalized spacial score (nSPS) is 13.3. The van der Waals surface area contributed by atoms with Crippen molar-refractivity contribution < 1.29 is 4.74 Å². The van der Waals surface area contributed by atoms with Crippen LogP contribution in [0.5, 0.6) is 5.75 Å². The van der Waals surface area contributed by atoms with Crippen molar-refractivity contribution >= 4 is 11.4 Å². The van der Waals surface area contributed by atoms with Crippen LogP contribution in [-0.4, -0.2) is 13.2 Å². The molecule has 0 heterocycles. The van der Waals surface area contributed by atoms with E-state index in [1.807, 2.05) is 18.2 Å². The van der Waals surface area contributed by atoms with Gasteiger partial charge in [0.2, 0.25) is 0 Å². The highest BCUT2D eigenvalue weighted by Crippen LogP contribution is 2.28. The largest absolute Gasteiger partial charge is 0.497 e. The SMILES string of the molecule is COc1ccc(N)c(NC(C)C(C)(C)C)c1. The second-order valence-electron chi connectivity index (χ2n) is 5.19. The predicted molar refractivity (Wildman–Crippen MR) is 69.9 cm³/mol. The van der Waals surface area contributed by atoms with Crippen molar-refractivity contribution in [1.29, 1.82) is 0 Å². The first kappa shape index (κ1) is 12.7. The Hall–Kier alpha value is -1.38. The molecule has 1 aromatic carbocycles. The van der Waals surface area contributed by atoms with Gasteiger partial charge in [-0.25, -0.2) is 0 Å². The van der Waals surface area contributed by atoms with Crippen LogP contribution in [0.15, 0.2) is 18.2 Å². The number of anilines is 2. The van der Waals surface area contributed by atoms with Crippen LogP contribution in [0.1, 0.15) is 27.7 Å². The highest BCUT2D eigenvalue weighted by molar-refractivity contribution is 5.68. The molecule has 0 spiro atoms. The van der Waals surface area contributed by atoms with Gasteiger partial charge in [0.25, 0.3) is 0 Å². The van der Waals surface area contributed by atoms with Crippen molar-refractivity contribution in [2.45, 2.75) is 33.7 Å². The van der Waals surface area contributed by atoms with Gasteiger partial charge in [0.1, 0.15) is 5.75 Å². The number of nitrogen functional groups attached to an aromatic ring is 1. The van der Waals surface area contributed by atoms with E-state index in [-0.39, 0.29) is 5.41 Å². The molecule has 3 N–H and O–H groups in total. The fraction of sp³-hybridized carbons (Fsp3) is 0.538. The molecule has 0 saturated heterocycles. The molecule has 0 aliphatic heterocycles. The first-order chi connectivity index (χ1) is 7.34. The summed E-state index contributed by atoms with van der Waals surface area (Å²) in [6.45, 7) is 8.74. The molecular formula is C13H22N2O. The Bertz CT molecular complexity index is 355. The molecule has 1 aromatic rings. The van der Waals surface area contributed by atoms with Crippen molar-refractivity contribution in [2.24, 2.45) is 5.41 Å². The second-order valence-corrected chi connectivity index (χ2v) is 5.19. The van der Waals surface area contributed by atoms with Crippen LogP contribution >= 0.6 is 0 Å². The maximum Gasteiger partial charge on any atom is 0.121 e. The van der Waals surface area contributed by atoms with Crippen molar-refractivity contribution in [3.63, 3.8) is 0 Å². The molecule has 0 fully saturated rings. The topological polar surface area (TPSA) is 47.3 Å². The fourth-order valence-electron chi connectivity index (χ4n) is 1.24. The van der Waals surface area contributed by atoms with E-state index in [0.29, 0.717) is 6.04 Å². The average molecular weight is 222 g/mol. The quantitative estimate of drug-likeness (QED) is 0.772. The summed E-state index contributed by atoms with van der Waals surface area (Å²) < 4.78 is 5.18. The lowest BCUT2D eigenvalue weighted by molar-refractivity contribution is 0.359. The van der Waals surface area contributed by atoms with Gasteiger partial charge in [-0.3, -0.25) is 0 Å². The fourth-order valence-corrected chi connectivity index (χ4v) is 1.24. The predicted octanol–water partition coefficient (Wildman–Crippen LogP) is 3.12. The molecule has 1 atom stereocenters.